The normalized spacial score (nSPS) is 12.0. The SMILES string of the molecule is CCCCC/C=C\C/C=C\C/C=C\CCCCCCCCC(=O)O. The first-order chi connectivity index (χ1) is 11.8. The first-order valence-corrected chi connectivity index (χ1v) is 9.94. The van der Waals surface area contributed by atoms with E-state index in [0.29, 0.717) is 6.42 Å². The molecule has 0 aromatic carbocycles. The third kappa shape index (κ3) is 20.7. The maximum absolute atomic E-state index is 10.4. The molecule has 0 aliphatic heterocycles. The van der Waals surface area contributed by atoms with E-state index in [-0.39, 0.29) is 0 Å². The number of rotatable bonds is 17. The molecule has 1 N–H and O–H groups in total. The van der Waals surface area contributed by atoms with E-state index < -0.39 is 5.97 Å². The molecule has 0 bridgehead atoms. The number of carboxylic acids is 1. The van der Waals surface area contributed by atoms with Gasteiger partial charge in [-0.2, -0.15) is 0 Å². The van der Waals surface area contributed by atoms with E-state index in [1.54, 1.807) is 0 Å². The van der Waals surface area contributed by atoms with Crippen molar-refractivity contribution in [2.75, 3.05) is 0 Å². The van der Waals surface area contributed by atoms with Crippen molar-refractivity contribution in [3.05, 3.63) is 36.5 Å². The molecule has 0 aliphatic carbocycles. The number of carboxylic acid groups (broad SMARTS) is 1. The minimum atomic E-state index is -0.669. The Bertz CT molecular complexity index is 353. The molecule has 0 spiro atoms. The van der Waals surface area contributed by atoms with Gasteiger partial charge >= 0.3 is 5.97 Å². The fourth-order valence-corrected chi connectivity index (χ4v) is 2.54. The van der Waals surface area contributed by atoms with Crippen molar-refractivity contribution in [2.45, 2.75) is 96.8 Å². The molecule has 24 heavy (non-hydrogen) atoms. The molecule has 0 amide bonds. The highest BCUT2D eigenvalue weighted by Gasteiger charge is 1.96. The Hall–Kier alpha value is -1.31. The van der Waals surface area contributed by atoms with Gasteiger partial charge in [-0.25, -0.2) is 0 Å². The summed E-state index contributed by atoms with van der Waals surface area (Å²) in [7, 11) is 0. The van der Waals surface area contributed by atoms with Crippen LogP contribution in [-0.2, 0) is 4.79 Å². The van der Waals surface area contributed by atoms with Gasteiger partial charge in [0, 0.05) is 6.42 Å². The largest absolute Gasteiger partial charge is 0.481 e. The van der Waals surface area contributed by atoms with Crippen LogP contribution in [0.15, 0.2) is 36.5 Å². The highest BCUT2D eigenvalue weighted by Crippen LogP contribution is 2.09. The summed E-state index contributed by atoms with van der Waals surface area (Å²) < 4.78 is 0. The Balaban J connectivity index is 3.26. The van der Waals surface area contributed by atoms with Crippen LogP contribution >= 0.6 is 0 Å². The van der Waals surface area contributed by atoms with Crippen LogP contribution in [-0.4, -0.2) is 11.1 Å². The smallest absolute Gasteiger partial charge is 0.303 e. The predicted octanol–water partition coefficient (Wildman–Crippen LogP) is 7.22. The Kier molecular flexibility index (Phi) is 18.7. The van der Waals surface area contributed by atoms with E-state index in [1.807, 2.05) is 0 Å². The zero-order valence-electron chi connectivity index (χ0n) is 15.7. The van der Waals surface area contributed by atoms with E-state index in [1.165, 1.54) is 57.8 Å². The monoisotopic (exact) mass is 334 g/mol. The summed E-state index contributed by atoms with van der Waals surface area (Å²) in [4.78, 5) is 10.4. The lowest BCUT2D eigenvalue weighted by Gasteiger charge is -1.99. The van der Waals surface area contributed by atoms with Gasteiger partial charge in [-0.15, -0.1) is 0 Å². The summed E-state index contributed by atoms with van der Waals surface area (Å²) in [5.74, 6) is -0.669. The molecular formula is C22H38O2. The Morgan fingerprint density at radius 2 is 1.12 bits per heavy atom. The van der Waals surface area contributed by atoms with Crippen molar-refractivity contribution in [1.82, 2.24) is 0 Å². The van der Waals surface area contributed by atoms with Gasteiger partial charge in [0.25, 0.3) is 0 Å². The minimum absolute atomic E-state index is 0.324. The molecule has 138 valence electrons. The summed E-state index contributed by atoms with van der Waals surface area (Å²) in [6.07, 6.45) is 29.2. The highest BCUT2D eigenvalue weighted by molar-refractivity contribution is 5.66. The lowest BCUT2D eigenvalue weighted by molar-refractivity contribution is -0.137. The van der Waals surface area contributed by atoms with Gasteiger partial charge in [0.2, 0.25) is 0 Å². The van der Waals surface area contributed by atoms with Gasteiger partial charge < -0.3 is 5.11 Å². The van der Waals surface area contributed by atoms with Crippen LogP contribution in [0, 0.1) is 0 Å². The second-order valence-electron chi connectivity index (χ2n) is 6.44. The molecule has 0 saturated heterocycles. The van der Waals surface area contributed by atoms with Crippen molar-refractivity contribution >= 4 is 5.97 Å². The summed E-state index contributed by atoms with van der Waals surface area (Å²) in [5, 5.41) is 8.54. The highest BCUT2D eigenvalue weighted by atomic mass is 16.4. The van der Waals surface area contributed by atoms with Crippen molar-refractivity contribution in [3.8, 4) is 0 Å². The van der Waals surface area contributed by atoms with Crippen molar-refractivity contribution in [1.29, 1.82) is 0 Å². The molecule has 2 heteroatoms. The van der Waals surface area contributed by atoms with E-state index in [4.69, 9.17) is 5.11 Å². The standard InChI is InChI=1S/C22H38O2/c1-2-3-4-5-6-7-8-9-10-11-12-13-14-15-16-17-18-19-20-21-22(23)24/h6-7,9-10,12-13H,2-5,8,11,14-21H2,1H3,(H,23,24)/b7-6-,10-9-,13-12-. The Morgan fingerprint density at radius 3 is 1.67 bits per heavy atom. The molecule has 0 rings (SSSR count). The van der Waals surface area contributed by atoms with Gasteiger partial charge in [0.1, 0.15) is 0 Å². The zero-order valence-corrected chi connectivity index (χ0v) is 15.7. The van der Waals surface area contributed by atoms with Gasteiger partial charge in [-0.3, -0.25) is 4.79 Å². The maximum atomic E-state index is 10.4. The van der Waals surface area contributed by atoms with Crippen LogP contribution in [0.25, 0.3) is 0 Å². The van der Waals surface area contributed by atoms with Crippen LogP contribution in [0.1, 0.15) is 96.8 Å². The Labute approximate surface area is 149 Å². The van der Waals surface area contributed by atoms with Gasteiger partial charge in [-0.1, -0.05) is 81.9 Å². The molecular weight excluding hydrogens is 296 g/mol. The molecule has 0 fully saturated rings. The quantitative estimate of drug-likeness (QED) is 0.225. The maximum Gasteiger partial charge on any atom is 0.303 e. The van der Waals surface area contributed by atoms with E-state index in [9.17, 15) is 4.79 Å². The molecule has 0 unspecified atom stereocenters. The van der Waals surface area contributed by atoms with Gasteiger partial charge in [0.15, 0.2) is 0 Å². The number of hydrogen-bond acceptors (Lipinski definition) is 1. The predicted molar refractivity (Wildman–Crippen MR) is 105 cm³/mol. The van der Waals surface area contributed by atoms with E-state index in [2.05, 4.69) is 43.4 Å². The summed E-state index contributed by atoms with van der Waals surface area (Å²) in [6.45, 7) is 2.24. The van der Waals surface area contributed by atoms with Crippen LogP contribution in [0.2, 0.25) is 0 Å². The summed E-state index contributed by atoms with van der Waals surface area (Å²) >= 11 is 0. The first kappa shape index (κ1) is 22.7. The molecule has 0 aromatic rings. The average molecular weight is 335 g/mol. The van der Waals surface area contributed by atoms with E-state index >= 15 is 0 Å². The summed E-state index contributed by atoms with van der Waals surface area (Å²) in [6, 6.07) is 0. The summed E-state index contributed by atoms with van der Waals surface area (Å²) in [5.41, 5.74) is 0. The fourth-order valence-electron chi connectivity index (χ4n) is 2.54. The number of carbonyl (C=O) groups is 1. The third-order valence-electron chi connectivity index (χ3n) is 4.03. The second-order valence-corrected chi connectivity index (χ2v) is 6.44. The molecule has 0 radical (unpaired) electrons. The molecule has 0 saturated carbocycles. The topological polar surface area (TPSA) is 37.3 Å². The fraction of sp³-hybridized carbons (Fsp3) is 0.682. The number of unbranched alkanes of at least 4 members (excludes halogenated alkanes) is 9. The lowest BCUT2D eigenvalue weighted by atomic mass is 10.1. The number of allylic oxidation sites excluding steroid dienone is 6. The van der Waals surface area contributed by atoms with Crippen molar-refractivity contribution in [2.24, 2.45) is 0 Å². The van der Waals surface area contributed by atoms with Crippen molar-refractivity contribution in [3.63, 3.8) is 0 Å². The minimum Gasteiger partial charge on any atom is -0.481 e. The van der Waals surface area contributed by atoms with Crippen LogP contribution < -0.4 is 0 Å². The molecule has 0 atom stereocenters. The van der Waals surface area contributed by atoms with Crippen LogP contribution in [0.5, 0.6) is 0 Å². The van der Waals surface area contributed by atoms with E-state index in [0.717, 1.165) is 25.7 Å². The van der Waals surface area contributed by atoms with Crippen LogP contribution in [0.3, 0.4) is 0 Å². The molecule has 0 aromatic heterocycles. The third-order valence-corrected chi connectivity index (χ3v) is 4.03. The first-order valence-electron chi connectivity index (χ1n) is 9.94. The second kappa shape index (κ2) is 19.7. The van der Waals surface area contributed by atoms with Gasteiger partial charge in [0.05, 0.1) is 0 Å². The van der Waals surface area contributed by atoms with Gasteiger partial charge in [-0.05, 0) is 44.9 Å². The number of aliphatic carboxylic acids is 1. The molecule has 0 heterocycles. The average Bonchev–Trinajstić information content (AvgIpc) is 2.56. The van der Waals surface area contributed by atoms with Crippen LogP contribution in [0.4, 0.5) is 0 Å². The molecule has 0 aliphatic rings. The van der Waals surface area contributed by atoms with Crippen molar-refractivity contribution < 1.29 is 9.90 Å². The number of hydrogen-bond donors (Lipinski definition) is 1. The Morgan fingerprint density at radius 1 is 0.667 bits per heavy atom. The molecule has 2 nitrogen and oxygen atoms in total. The zero-order chi connectivity index (χ0) is 17.7. The lowest BCUT2D eigenvalue weighted by Crippen LogP contribution is -1.93.